The summed E-state index contributed by atoms with van der Waals surface area (Å²) >= 11 is 3.42. The largest absolute Gasteiger partial charge is 0.493 e. The zero-order valence-corrected chi connectivity index (χ0v) is 11.2. The van der Waals surface area contributed by atoms with Crippen LogP contribution < -0.4 is 4.74 Å². The lowest BCUT2D eigenvalue weighted by molar-refractivity contribution is 0.203. The molecule has 1 N–H and O–H groups in total. The Morgan fingerprint density at radius 1 is 1.41 bits per heavy atom. The van der Waals surface area contributed by atoms with Gasteiger partial charge in [0.2, 0.25) is 0 Å². The number of aromatic nitrogens is 2. The Kier molecular flexibility index (Phi) is 3.49. The van der Waals surface area contributed by atoms with E-state index >= 15 is 0 Å². The lowest BCUT2D eigenvalue weighted by Gasteiger charge is -2.14. The van der Waals surface area contributed by atoms with Gasteiger partial charge in [-0.15, -0.1) is 0 Å². The number of benzene rings is 1. The molecule has 2 rings (SSSR count). The molecule has 0 saturated heterocycles. The number of hydrogen-bond acceptors (Lipinski definition) is 3. The smallest absolute Gasteiger partial charge is 0.162 e. The van der Waals surface area contributed by atoms with E-state index < -0.39 is 6.10 Å². The van der Waals surface area contributed by atoms with Gasteiger partial charge >= 0.3 is 0 Å². The van der Waals surface area contributed by atoms with Crippen LogP contribution in [0.25, 0.3) is 0 Å². The zero-order valence-electron chi connectivity index (χ0n) is 9.59. The molecule has 1 heterocycles. The number of aryl methyl sites for hydroxylation is 1. The van der Waals surface area contributed by atoms with E-state index in [1.807, 2.05) is 24.3 Å². The summed E-state index contributed by atoms with van der Waals surface area (Å²) in [5, 5.41) is 14.5. The van der Waals surface area contributed by atoms with Crippen molar-refractivity contribution in [2.75, 3.05) is 7.11 Å². The second kappa shape index (κ2) is 4.89. The Bertz CT molecular complexity index is 525. The molecule has 0 spiro atoms. The number of rotatable bonds is 3. The fourth-order valence-electron chi connectivity index (χ4n) is 1.74. The Morgan fingerprint density at radius 3 is 2.76 bits per heavy atom. The van der Waals surface area contributed by atoms with Crippen LogP contribution >= 0.6 is 15.9 Å². The molecule has 1 aromatic carbocycles. The van der Waals surface area contributed by atoms with Gasteiger partial charge in [0.1, 0.15) is 11.8 Å². The molecule has 0 bridgehead atoms. The first-order valence-electron chi connectivity index (χ1n) is 5.13. The number of aliphatic hydroxyl groups excluding tert-OH is 1. The van der Waals surface area contributed by atoms with Crippen LogP contribution in [0.3, 0.4) is 0 Å². The Morgan fingerprint density at radius 2 is 2.12 bits per heavy atom. The van der Waals surface area contributed by atoms with Crippen molar-refractivity contribution in [3.8, 4) is 5.75 Å². The number of ether oxygens (including phenoxy) is 1. The first-order chi connectivity index (χ1) is 8.15. The number of hydrogen-bond donors (Lipinski definition) is 1. The van der Waals surface area contributed by atoms with E-state index in [0.29, 0.717) is 11.4 Å². The Balaban J connectivity index is 2.47. The van der Waals surface area contributed by atoms with E-state index in [9.17, 15) is 5.11 Å². The number of aliphatic hydroxyl groups is 1. The van der Waals surface area contributed by atoms with Crippen LogP contribution in [0.15, 0.2) is 34.9 Å². The van der Waals surface area contributed by atoms with E-state index in [1.165, 1.54) is 0 Å². The molecule has 0 saturated carbocycles. The summed E-state index contributed by atoms with van der Waals surface area (Å²) in [4.78, 5) is 0. The van der Waals surface area contributed by atoms with E-state index in [-0.39, 0.29) is 0 Å². The van der Waals surface area contributed by atoms with Gasteiger partial charge in [-0.1, -0.05) is 34.1 Å². The minimum absolute atomic E-state index is 0.579. The van der Waals surface area contributed by atoms with E-state index in [2.05, 4.69) is 21.0 Å². The van der Waals surface area contributed by atoms with Crippen LogP contribution in [0.2, 0.25) is 0 Å². The minimum Gasteiger partial charge on any atom is -0.493 e. The van der Waals surface area contributed by atoms with E-state index in [0.717, 1.165) is 10.0 Å². The molecule has 4 nitrogen and oxygen atoms in total. The van der Waals surface area contributed by atoms with Crippen LogP contribution in [-0.2, 0) is 7.05 Å². The predicted octanol–water partition coefficient (Wildman–Crippen LogP) is 2.27. The Hall–Kier alpha value is -1.33. The number of nitrogens with zero attached hydrogens (tertiary/aromatic N) is 2. The molecule has 2 aromatic rings. The standard InChI is InChI=1S/C12H13BrN2O2/c1-15-11(10(17-2)7-14-15)12(16)8-5-3-4-6-9(8)13/h3-7,12,16H,1-2H3. The fraction of sp³-hybridized carbons (Fsp3) is 0.250. The first kappa shape index (κ1) is 12.1. The van der Waals surface area contributed by atoms with Gasteiger partial charge in [0.15, 0.2) is 5.75 Å². The summed E-state index contributed by atoms with van der Waals surface area (Å²) in [5.74, 6) is 0.579. The zero-order chi connectivity index (χ0) is 12.4. The van der Waals surface area contributed by atoms with Gasteiger partial charge < -0.3 is 9.84 Å². The highest BCUT2D eigenvalue weighted by atomic mass is 79.9. The maximum atomic E-state index is 10.4. The molecule has 0 aliphatic carbocycles. The molecule has 0 amide bonds. The van der Waals surface area contributed by atoms with Gasteiger partial charge in [0.25, 0.3) is 0 Å². The molecule has 0 aliphatic heterocycles. The molecular weight excluding hydrogens is 284 g/mol. The highest BCUT2D eigenvalue weighted by Gasteiger charge is 2.21. The molecule has 1 unspecified atom stereocenters. The van der Waals surface area contributed by atoms with Gasteiger partial charge in [-0.2, -0.15) is 5.10 Å². The molecule has 5 heteroatoms. The summed E-state index contributed by atoms with van der Waals surface area (Å²) in [6.07, 6.45) is 0.822. The molecule has 17 heavy (non-hydrogen) atoms. The van der Waals surface area contributed by atoms with Gasteiger partial charge in [-0.3, -0.25) is 4.68 Å². The van der Waals surface area contributed by atoms with Crippen LogP contribution in [-0.4, -0.2) is 22.0 Å². The summed E-state index contributed by atoms with van der Waals surface area (Å²) < 4.78 is 7.66. The second-order valence-electron chi connectivity index (χ2n) is 3.65. The lowest BCUT2D eigenvalue weighted by Crippen LogP contribution is -2.08. The summed E-state index contributed by atoms with van der Waals surface area (Å²) in [7, 11) is 3.34. The van der Waals surface area contributed by atoms with Crippen molar-refractivity contribution < 1.29 is 9.84 Å². The third-order valence-corrected chi connectivity index (χ3v) is 3.35. The van der Waals surface area contributed by atoms with Crippen LogP contribution in [0.1, 0.15) is 17.4 Å². The molecule has 1 aromatic heterocycles. The van der Waals surface area contributed by atoms with Gasteiger partial charge in [0.05, 0.1) is 13.3 Å². The molecular formula is C12H13BrN2O2. The highest BCUT2D eigenvalue weighted by molar-refractivity contribution is 9.10. The van der Waals surface area contributed by atoms with Crippen molar-refractivity contribution in [3.05, 3.63) is 46.2 Å². The summed E-state index contributed by atoms with van der Waals surface area (Å²) in [6.45, 7) is 0. The minimum atomic E-state index is -0.770. The maximum Gasteiger partial charge on any atom is 0.162 e. The predicted molar refractivity (Wildman–Crippen MR) is 68.0 cm³/mol. The van der Waals surface area contributed by atoms with E-state index in [4.69, 9.17) is 4.74 Å². The average Bonchev–Trinajstić information content (AvgIpc) is 2.70. The highest BCUT2D eigenvalue weighted by Crippen LogP contribution is 2.32. The third kappa shape index (κ3) is 2.21. The molecule has 0 radical (unpaired) electrons. The molecule has 90 valence electrons. The topological polar surface area (TPSA) is 47.3 Å². The number of halogens is 1. The average molecular weight is 297 g/mol. The van der Waals surface area contributed by atoms with Gasteiger partial charge in [-0.05, 0) is 6.07 Å². The normalized spacial score (nSPS) is 12.5. The van der Waals surface area contributed by atoms with Crippen molar-refractivity contribution in [3.63, 3.8) is 0 Å². The number of methoxy groups -OCH3 is 1. The van der Waals surface area contributed by atoms with Crippen LogP contribution in [0, 0.1) is 0 Å². The maximum absolute atomic E-state index is 10.4. The lowest BCUT2D eigenvalue weighted by atomic mass is 10.1. The van der Waals surface area contributed by atoms with Gasteiger partial charge in [-0.25, -0.2) is 0 Å². The van der Waals surface area contributed by atoms with Crippen LogP contribution in [0.5, 0.6) is 5.75 Å². The van der Waals surface area contributed by atoms with Crippen molar-refractivity contribution in [2.45, 2.75) is 6.10 Å². The quantitative estimate of drug-likeness (QED) is 0.945. The van der Waals surface area contributed by atoms with Crippen molar-refractivity contribution in [1.82, 2.24) is 9.78 Å². The van der Waals surface area contributed by atoms with Crippen molar-refractivity contribution in [1.29, 1.82) is 0 Å². The van der Waals surface area contributed by atoms with E-state index in [1.54, 1.807) is 25.0 Å². The van der Waals surface area contributed by atoms with Gasteiger partial charge in [0, 0.05) is 17.1 Å². The molecule has 0 aliphatic rings. The first-order valence-corrected chi connectivity index (χ1v) is 5.92. The van der Waals surface area contributed by atoms with Crippen LogP contribution in [0.4, 0.5) is 0 Å². The monoisotopic (exact) mass is 296 g/mol. The van der Waals surface area contributed by atoms with Crippen molar-refractivity contribution in [2.24, 2.45) is 7.05 Å². The molecule has 0 fully saturated rings. The third-order valence-electron chi connectivity index (χ3n) is 2.63. The van der Waals surface area contributed by atoms with Crippen molar-refractivity contribution >= 4 is 15.9 Å². The summed E-state index contributed by atoms with van der Waals surface area (Å²) in [5.41, 5.74) is 1.42. The fourth-order valence-corrected chi connectivity index (χ4v) is 2.24. The second-order valence-corrected chi connectivity index (χ2v) is 4.50. The summed E-state index contributed by atoms with van der Waals surface area (Å²) in [6, 6.07) is 7.54. The molecule has 1 atom stereocenters. The SMILES string of the molecule is COc1cnn(C)c1C(O)c1ccccc1Br. The Labute approximate surface area is 108 Å².